The molecular formula is C33H42N4O2S. The van der Waals surface area contributed by atoms with Crippen molar-refractivity contribution in [1.29, 1.82) is 0 Å². The van der Waals surface area contributed by atoms with Crippen LogP contribution in [0.4, 0.5) is 10.5 Å². The lowest BCUT2D eigenvalue weighted by molar-refractivity contribution is 0.0931. The van der Waals surface area contributed by atoms with Crippen LogP contribution in [0.5, 0.6) is 0 Å². The minimum Gasteiger partial charge on any atom is -0.352 e. The Kier molecular flexibility index (Phi) is 11.5. The first kappa shape index (κ1) is 29.7. The number of amides is 3. The third-order valence-corrected chi connectivity index (χ3v) is 8.28. The van der Waals surface area contributed by atoms with Gasteiger partial charge in [-0.05, 0) is 73.3 Å². The molecule has 1 aliphatic heterocycles. The highest BCUT2D eigenvalue weighted by molar-refractivity contribution is 7.99. The quantitative estimate of drug-likeness (QED) is 0.166. The van der Waals surface area contributed by atoms with Crippen LogP contribution in [0.1, 0.15) is 67.1 Å². The van der Waals surface area contributed by atoms with Crippen molar-refractivity contribution in [2.75, 3.05) is 37.2 Å². The fraction of sp³-hybridized carbons (Fsp3) is 0.394. The van der Waals surface area contributed by atoms with Gasteiger partial charge in [-0.3, -0.25) is 9.69 Å². The zero-order chi connectivity index (χ0) is 28.2. The van der Waals surface area contributed by atoms with Crippen molar-refractivity contribution in [3.8, 4) is 0 Å². The highest BCUT2D eigenvalue weighted by Crippen LogP contribution is 2.32. The van der Waals surface area contributed by atoms with Crippen LogP contribution >= 0.6 is 11.8 Å². The maximum Gasteiger partial charge on any atom is 0.319 e. The number of nitrogens with one attached hydrogen (secondary N) is 3. The van der Waals surface area contributed by atoms with Gasteiger partial charge in [0.05, 0.1) is 17.3 Å². The molecule has 0 aliphatic carbocycles. The number of benzene rings is 3. The normalized spacial score (nSPS) is 14.2. The molecule has 40 heavy (non-hydrogen) atoms. The number of rotatable bonds is 12. The van der Waals surface area contributed by atoms with Crippen molar-refractivity contribution >= 4 is 29.4 Å². The summed E-state index contributed by atoms with van der Waals surface area (Å²) in [6.07, 6.45) is 3.97. The van der Waals surface area contributed by atoms with E-state index in [2.05, 4.69) is 95.4 Å². The SMILES string of the molecule is CCCCNC(=O)Nc1ccc(SCC)cc1C(=O)NCC1CCN(C(c2ccccc2)c2ccccc2)CC1. The molecule has 1 fully saturated rings. The summed E-state index contributed by atoms with van der Waals surface area (Å²) in [6.45, 7) is 7.36. The van der Waals surface area contributed by atoms with E-state index in [4.69, 9.17) is 0 Å². The van der Waals surface area contributed by atoms with Crippen LogP contribution in [-0.4, -0.2) is 48.8 Å². The Morgan fingerprint density at radius 3 is 2.15 bits per heavy atom. The molecule has 0 saturated carbocycles. The Hall–Kier alpha value is -3.29. The molecule has 7 heteroatoms. The van der Waals surface area contributed by atoms with E-state index in [1.165, 1.54) is 11.1 Å². The van der Waals surface area contributed by atoms with Gasteiger partial charge in [0.25, 0.3) is 5.91 Å². The van der Waals surface area contributed by atoms with Crippen LogP contribution in [0.3, 0.4) is 0 Å². The fourth-order valence-electron chi connectivity index (χ4n) is 5.25. The standard InChI is InChI=1S/C33H42N4O2S/c1-3-5-20-34-33(39)36-30-17-16-28(40-4-2)23-29(30)32(38)35-24-25-18-21-37(22-19-25)31(26-12-8-6-9-13-26)27-14-10-7-11-15-27/h6-17,23,25,31H,3-5,18-22,24H2,1-2H3,(H,35,38)(H2,34,36,39). The molecule has 1 aliphatic rings. The molecule has 212 valence electrons. The third-order valence-electron chi connectivity index (χ3n) is 7.41. The first-order chi connectivity index (χ1) is 19.6. The Morgan fingerprint density at radius 2 is 1.55 bits per heavy atom. The predicted octanol–water partition coefficient (Wildman–Crippen LogP) is 6.95. The van der Waals surface area contributed by atoms with E-state index in [-0.39, 0.29) is 18.0 Å². The molecule has 3 aromatic rings. The highest BCUT2D eigenvalue weighted by atomic mass is 32.2. The second kappa shape index (κ2) is 15.5. The van der Waals surface area contributed by atoms with Crippen LogP contribution in [0.25, 0.3) is 0 Å². The molecule has 1 heterocycles. The molecule has 3 amide bonds. The van der Waals surface area contributed by atoms with E-state index in [1.54, 1.807) is 11.8 Å². The molecule has 1 saturated heterocycles. The molecule has 6 nitrogen and oxygen atoms in total. The third kappa shape index (κ3) is 8.35. The maximum atomic E-state index is 13.3. The highest BCUT2D eigenvalue weighted by Gasteiger charge is 2.27. The summed E-state index contributed by atoms with van der Waals surface area (Å²) in [5.74, 6) is 1.18. The van der Waals surface area contributed by atoms with Crippen molar-refractivity contribution in [3.05, 3.63) is 95.6 Å². The van der Waals surface area contributed by atoms with Gasteiger partial charge in [-0.15, -0.1) is 11.8 Å². The zero-order valence-electron chi connectivity index (χ0n) is 23.7. The van der Waals surface area contributed by atoms with Crippen molar-refractivity contribution < 1.29 is 9.59 Å². The van der Waals surface area contributed by atoms with Gasteiger partial charge in [-0.1, -0.05) is 80.9 Å². The van der Waals surface area contributed by atoms with E-state index >= 15 is 0 Å². The van der Waals surface area contributed by atoms with Crippen LogP contribution in [0.2, 0.25) is 0 Å². The zero-order valence-corrected chi connectivity index (χ0v) is 24.5. The second-order valence-corrected chi connectivity index (χ2v) is 11.6. The number of carbonyl (C=O) groups excluding carboxylic acids is 2. The smallest absolute Gasteiger partial charge is 0.319 e. The van der Waals surface area contributed by atoms with E-state index < -0.39 is 0 Å². The molecule has 0 radical (unpaired) electrons. The van der Waals surface area contributed by atoms with Gasteiger partial charge >= 0.3 is 6.03 Å². The number of urea groups is 1. The van der Waals surface area contributed by atoms with Crippen LogP contribution < -0.4 is 16.0 Å². The molecule has 0 atom stereocenters. The minimum absolute atomic E-state index is 0.142. The number of carbonyl (C=O) groups is 2. The number of hydrogen-bond donors (Lipinski definition) is 3. The van der Waals surface area contributed by atoms with Crippen molar-refractivity contribution in [3.63, 3.8) is 0 Å². The predicted molar refractivity (Wildman–Crippen MR) is 166 cm³/mol. The average Bonchev–Trinajstić information content (AvgIpc) is 2.99. The van der Waals surface area contributed by atoms with Crippen molar-refractivity contribution in [1.82, 2.24) is 15.5 Å². The summed E-state index contributed by atoms with van der Waals surface area (Å²) < 4.78 is 0. The van der Waals surface area contributed by atoms with E-state index in [1.807, 2.05) is 18.2 Å². The number of likely N-dealkylation sites (tertiary alicyclic amines) is 1. The Morgan fingerprint density at radius 1 is 0.900 bits per heavy atom. The van der Waals surface area contributed by atoms with Crippen molar-refractivity contribution in [2.24, 2.45) is 5.92 Å². The molecule has 0 aromatic heterocycles. The van der Waals surface area contributed by atoms with E-state index in [0.29, 0.717) is 30.3 Å². The van der Waals surface area contributed by atoms with Gasteiger partial charge in [0.15, 0.2) is 0 Å². The largest absolute Gasteiger partial charge is 0.352 e. The number of piperidine rings is 1. The second-order valence-electron chi connectivity index (χ2n) is 10.3. The summed E-state index contributed by atoms with van der Waals surface area (Å²) in [4.78, 5) is 29.3. The summed E-state index contributed by atoms with van der Waals surface area (Å²) in [5, 5.41) is 8.92. The number of hydrogen-bond acceptors (Lipinski definition) is 4. The maximum absolute atomic E-state index is 13.3. The lowest BCUT2D eigenvalue weighted by Crippen LogP contribution is -2.40. The summed E-state index contributed by atoms with van der Waals surface area (Å²) >= 11 is 1.68. The Balaban J connectivity index is 1.37. The van der Waals surface area contributed by atoms with Gasteiger partial charge in [-0.25, -0.2) is 4.79 Å². The van der Waals surface area contributed by atoms with Gasteiger partial charge in [-0.2, -0.15) is 0 Å². The number of thioether (sulfide) groups is 1. The lowest BCUT2D eigenvalue weighted by Gasteiger charge is -2.38. The number of nitrogens with zero attached hydrogens (tertiary/aromatic N) is 1. The molecule has 0 unspecified atom stereocenters. The summed E-state index contributed by atoms with van der Waals surface area (Å²) in [7, 11) is 0. The molecule has 3 N–H and O–H groups in total. The first-order valence-electron chi connectivity index (χ1n) is 14.5. The lowest BCUT2D eigenvalue weighted by atomic mass is 9.91. The van der Waals surface area contributed by atoms with Gasteiger partial charge in [0, 0.05) is 18.0 Å². The summed E-state index contributed by atoms with van der Waals surface area (Å²) in [6, 6.07) is 27.1. The minimum atomic E-state index is -0.280. The fourth-order valence-corrected chi connectivity index (χ4v) is 5.95. The molecule has 4 rings (SSSR count). The monoisotopic (exact) mass is 558 g/mol. The van der Waals surface area contributed by atoms with Crippen LogP contribution in [0, 0.1) is 5.92 Å². The van der Waals surface area contributed by atoms with E-state index in [0.717, 1.165) is 49.4 Å². The molecular weight excluding hydrogens is 516 g/mol. The van der Waals surface area contributed by atoms with Crippen molar-refractivity contribution in [2.45, 2.75) is 50.5 Å². The van der Waals surface area contributed by atoms with Gasteiger partial charge in [0.2, 0.25) is 0 Å². The van der Waals surface area contributed by atoms with Gasteiger partial charge in [0.1, 0.15) is 0 Å². The van der Waals surface area contributed by atoms with Gasteiger partial charge < -0.3 is 16.0 Å². The molecule has 0 spiro atoms. The molecule has 0 bridgehead atoms. The molecule has 3 aromatic carbocycles. The number of anilines is 1. The Labute approximate surface area is 243 Å². The average molecular weight is 559 g/mol. The first-order valence-corrected chi connectivity index (χ1v) is 15.5. The van der Waals surface area contributed by atoms with Crippen LogP contribution in [-0.2, 0) is 0 Å². The van der Waals surface area contributed by atoms with E-state index in [9.17, 15) is 9.59 Å². The number of unbranched alkanes of at least 4 members (excludes halogenated alkanes) is 1. The van der Waals surface area contributed by atoms with Crippen LogP contribution in [0.15, 0.2) is 83.8 Å². The summed E-state index contributed by atoms with van der Waals surface area (Å²) in [5.41, 5.74) is 3.66. The topological polar surface area (TPSA) is 73.5 Å². The Bertz CT molecular complexity index is 1170.